The van der Waals surface area contributed by atoms with Gasteiger partial charge in [0.15, 0.2) is 11.0 Å². The van der Waals surface area contributed by atoms with Crippen LogP contribution in [0.2, 0.25) is 5.02 Å². The van der Waals surface area contributed by atoms with Gasteiger partial charge in [0.25, 0.3) is 0 Å². The van der Waals surface area contributed by atoms with Crippen LogP contribution in [0.3, 0.4) is 0 Å². The fourth-order valence-electron chi connectivity index (χ4n) is 2.89. The number of carbonyl (C=O) groups excluding carboxylic acids is 1. The number of hydrogen-bond donors (Lipinski definition) is 1. The molecule has 0 saturated heterocycles. The van der Waals surface area contributed by atoms with E-state index in [9.17, 15) is 4.79 Å². The molecule has 0 saturated carbocycles. The van der Waals surface area contributed by atoms with Gasteiger partial charge in [0.1, 0.15) is 18.1 Å². The van der Waals surface area contributed by atoms with Crippen molar-refractivity contribution in [3.05, 3.63) is 89.1 Å². The Morgan fingerprint density at radius 2 is 1.91 bits per heavy atom. The van der Waals surface area contributed by atoms with E-state index in [0.29, 0.717) is 28.3 Å². The number of halogens is 1. The largest absolute Gasteiger partial charge is 0.486 e. The molecule has 0 radical (unpaired) electrons. The van der Waals surface area contributed by atoms with Crippen molar-refractivity contribution < 1.29 is 13.9 Å². The Balaban J connectivity index is 1.43. The zero-order valence-corrected chi connectivity index (χ0v) is 18.9. The van der Waals surface area contributed by atoms with Gasteiger partial charge in [-0.1, -0.05) is 41.1 Å². The zero-order valence-electron chi connectivity index (χ0n) is 17.3. The molecule has 0 aliphatic carbocycles. The van der Waals surface area contributed by atoms with Gasteiger partial charge in [-0.05, 0) is 55.5 Å². The number of nitrogens with one attached hydrogen (secondary N) is 1. The van der Waals surface area contributed by atoms with Crippen LogP contribution < -0.4 is 10.1 Å². The van der Waals surface area contributed by atoms with Crippen LogP contribution in [0.1, 0.15) is 17.1 Å². The van der Waals surface area contributed by atoms with Crippen molar-refractivity contribution in [2.75, 3.05) is 11.1 Å². The van der Waals surface area contributed by atoms with Crippen LogP contribution in [0.25, 0.3) is 0 Å². The Bertz CT molecular complexity index is 1160. The highest BCUT2D eigenvalue weighted by Crippen LogP contribution is 2.22. The number of anilines is 1. The Hall–Kier alpha value is -3.23. The number of hydrogen-bond acceptors (Lipinski definition) is 6. The van der Waals surface area contributed by atoms with Crippen LogP contribution in [-0.2, 0) is 17.9 Å². The topological polar surface area (TPSA) is 82.2 Å². The molecule has 9 heteroatoms. The molecule has 1 amide bonds. The first-order chi connectivity index (χ1) is 15.6. The Morgan fingerprint density at radius 1 is 1.12 bits per heavy atom. The molecule has 0 bridgehead atoms. The van der Waals surface area contributed by atoms with Gasteiger partial charge < -0.3 is 14.5 Å². The van der Waals surface area contributed by atoms with Crippen molar-refractivity contribution in [3.63, 3.8) is 0 Å². The SMILES string of the molecule is Cc1ccc(NC(=O)CSc2nnc(COc3ccc(Cl)cc3)n2Cc2ccco2)cc1. The predicted molar refractivity (Wildman–Crippen MR) is 124 cm³/mol. The minimum atomic E-state index is -0.120. The fraction of sp³-hybridized carbons (Fsp3) is 0.174. The van der Waals surface area contributed by atoms with Crippen LogP contribution in [0.15, 0.2) is 76.5 Å². The van der Waals surface area contributed by atoms with Gasteiger partial charge in [0, 0.05) is 10.7 Å². The van der Waals surface area contributed by atoms with Crippen molar-refractivity contribution in [1.29, 1.82) is 0 Å². The van der Waals surface area contributed by atoms with Gasteiger partial charge in [-0.15, -0.1) is 10.2 Å². The molecule has 2 heterocycles. The van der Waals surface area contributed by atoms with Crippen molar-refractivity contribution in [1.82, 2.24) is 14.8 Å². The van der Waals surface area contributed by atoms with E-state index in [4.69, 9.17) is 20.8 Å². The summed E-state index contributed by atoms with van der Waals surface area (Å²) in [5.41, 5.74) is 1.90. The van der Waals surface area contributed by atoms with E-state index in [1.807, 2.05) is 47.9 Å². The number of aromatic nitrogens is 3. The molecule has 0 unspecified atom stereocenters. The third kappa shape index (κ3) is 5.93. The third-order valence-electron chi connectivity index (χ3n) is 4.54. The van der Waals surface area contributed by atoms with Crippen molar-refractivity contribution >= 4 is 35.0 Å². The molecule has 0 fully saturated rings. The molecule has 2 aromatic carbocycles. The van der Waals surface area contributed by atoms with Crippen LogP contribution in [0, 0.1) is 6.92 Å². The first-order valence-corrected chi connectivity index (χ1v) is 11.3. The predicted octanol–water partition coefficient (Wildman–Crippen LogP) is 5.19. The average molecular weight is 469 g/mol. The van der Waals surface area contributed by atoms with Gasteiger partial charge in [0.05, 0.1) is 18.6 Å². The monoisotopic (exact) mass is 468 g/mol. The molecule has 164 valence electrons. The summed E-state index contributed by atoms with van der Waals surface area (Å²) in [6.45, 7) is 2.65. The van der Waals surface area contributed by atoms with Crippen molar-refractivity contribution in [2.45, 2.75) is 25.2 Å². The average Bonchev–Trinajstić information content (AvgIpc) is 3.44. The summed E-state index contributed by atoms with van der Waals surface area (Å²) in [5, 5.41) is 12.7. The van der Waals surface area contributed by atoms with Crippen LogP contribution in [-0.4, -0.2) is 26.4 Å². The van der Waals surface area contributed by atoms with E-state index in [0.717, 1.165) is 17.0 Å². The summed E-state index contributed by atoms with van der Waals surface area (Å²) in [5.74, 6) is 2.13. The molecule has 0 aliphatic heterocycles. The first kappa shape index (κ1) is 22.0. The number of aryl methyl sites for hydroxylation is 1. The highest BCUT2D eigenvalue weighted by molar-refractivity contribution is 7.99. The second kappa shape index (κ2) is 10.4. The lowest BCUT2D eigenvalue weighted by Crippen LogP contribution is -2.15. The smallest absolute Gasteiger partial charge is 0.234 e. The first-order valence-electron chi connectivity index (χ1n) is 9.89. The van der Waals surface area contributed by atoms with Gasteiger partial charge >= 0.3 is 0 Å². The molecule has 4 rings (SSSR count). The number of amides is 1. The minimum absolute atomic E-state index is 0.120. The Kier molecular flexibility index (Phi) is 7.14. The van der Waals surface area contributed by atoms with E-state index < -0.39 is 0 Å². The maximum atomic E-state index is 12.4. The lowest BCUT2D eigenvalue weighted by Gasteiger charge is -2.10. The fourth-order valence-corrected chi connectivity index (χ4v) is 3.78. The normalized spacial score (nSPS) is 10.8. The molecule has 1 N–H and O–H groups in total. The minimum Gasteiger partial charge on any atom is -0.486 e. The molecule has 2 aromatic heterocycles. The third-order valence-corrected chi connectivity index (χ3v) is 5.76. The highest BCUT2D eigenvalue weighted by atomic mass is 35.5. The maximum Gasteiger partial charge on any atom is 0.234 e. The molecule has 32 heavy (non-hydrogen) atoms. The van der Waals surface area contributed by atoms with E-state index in [1.54, 1.807) is 30.5 Å². The van der Waals surface area contributed by atoms with Crippen molar-refractivity contribution in [2.24, 2.45) is 0 Å². The van der Waals surface area contributed by atoms with Gasteiger partial charge in [-0.3, -0.25) is 9.36 Å². The zero-order chi connectivity index (χ0) is 22.3. The quantitative estimate of drug-likeness (QED) is 0.340. The summed E-state index contributed by atoms with van der Waals surface area (Å²) in [7, 11) is 0. The number of benzene rings is 2. The molecule has 4 aromatic rings. The van der Waals surface area contributed by atoms with Gasteiger partial charge in [0.2, 0.25) is 5.91 Å². The van der Waals surface area contributed by atoms with Crippen LogP contribution >= 0.6 is 23.4 Å². The van der Waals surface area contributed by atoms with Gasteiger partial charge in [-0.2, -0.15) is 0 Å². The highest BCUT2D eigenvalue weighted by Gasteiger charge is 2.16. The number of carbonyl (C=O) groups is 1. The second-order valence-electron chi connectivity index (χ2n) is 7.01. The lowest BCUT2D eigenvalue weighted by molar-refractivity contribution is -0.113. The summed E-state index contributed by atoms with van der Waals surface area (Å²) in [4.78, 5) is 12.4. The van der Waals surface area contributed by atoms with E-state index >= 15 is 0 Å². The van der Waals surface area contributed by atoms with Crippen molar-refractivity contribution in [3.8, 4) is 5.75 Å². The summed E-state index contributed by atoms with van der Waals surface area (Å²) in [6, 6.07) is 18.5. The summed E-state index contributed by atoms with van der Waals surface area (Å²) >= 11 is 7.23. The maximum absolute atomic E-state index is 12.4. The molecular formula is C23H21ClN4O3S. The second-order valence-corrected chi connectivity index (χ2v) is 8.39. The summed E-state index contributed by atoms with van der Waals surface area (Å²) < 4.78 is 13.2. The summed E-state index contributed by atoms with van der Waals surface area (Å²) in [6.07, 6.45) is 1.62. The number of thioether (sulfide) groups is 1. The number of ether oxygens (including phenoxy) is 1. The molecule has 0 aliphatic rings. The lowest BCUT2D eigenvalue weighted by atomic mass is 10.2. The number of rotatable bonds is 9. The standard InChI is InChI=1S/C23H21ClN4O3S/c1-16-4-8-18(9-5-16)25-22(29)15-32-23-27-26-21(28(23)13-20-3-2-12-30-20)14-31-19-10-6-17(24)7-11-19/h2-12H,13-15H2,1H3,(H,25,29). The van der Waals surface area contributed by atoms with Crippen LogP contribution in [0.5, 0.6) is 5.75 Å². The Morgan fingerprint density at radius 3 is 2.62 bits per heavy atom. The van der Waals surface area contributed by atoms with E-state index in [1.165, 1.54) is 11.8 Å². The molecule has 7 nitrogen and oxygen atoms in total. The van der Waals surface area contributed by atoms with Gasteiger partial charge in [-0.25, -0.2) is 0 Å². The van der Waals surface area contributed by atoms with E-state index in [2.05, 4.69) is 15.5 Å². The van der Waals surface area contributed by atoms with Crippen LogP contribution in [0.4, 0.5) is 5.69 Å². The number of furan rings is 1. The Labute approximate surface area is 194 Å². The molecular weight excluding hydrogens is 448 g/mol. The molecule has 0 spiro atoms. The number of nitrogens with zero attached hydrogens (tertiary/aromatic N) is 3. The molecule has 0 atom stereocenters. The van der Waals surface area contributed by atoms with E-state index in [-0.39, 0.29) is 18.3 Å².